The maximum absolute atomic E-state index is 13.1. The largest absolute Gasteiger partial charge is 0.388 e. The van der Waals surface area contributed by atoms with Crippen LogP contribution in [0.4, 0.5) is 0 Å². The number of hydrogen-bond donors (Lipinski definition) is 7. The molecular formula is C23H33N8O9+. The normalized spacial score (nSPS) is 14.1. The van der Waals surface area contributed by atoms with Gasteiger partial charge in [-0.25, -0.2) is 9.59 Å². The van der Waals surface area contributed by atoms with E-state index >= 15 is 0 Å². The van der Waals surface area contributed by atoms with Crippen molar-refractivity contribution in [2.75, 3.05) is 19.6 Å². The van der Waals surface area contributed by atoms with Crippen molar-refractivity contribution in [2.24, 2.45) is 10.9 Å². The molecule has 1 saturated heterocycles. The van der Waals surface area contributed by atoms with Crippen molar-refractivity contribution in [3.05, 3.63) is 6.58 Å². The Balaban J connectivity index is 2.95. The minimum absolute atomic E-state index is 0.177. The minimum Gasteiger partial charge on any atom is -0.344 e. The molecule has 40 heavy (non-hydrogen) atoms. The molecule has 1 heterocycles. The molecule has 17 heteroatoms. The van der Waals surface area contributed by atoms with Gasteiger partial charge < -0.3 is 37.3 Å². The lowest BCUT2D eigenvalue weighted by Gasteiger charge is -2.22. The van der Waals surface area contributed by atoms with E-state index in [9.17, 15) is 33.6 Å². The molecule has 218 valence electrons. The molecule has 0 saturated carbocycles. The van der Waals surface area contributed by atoms with Crippen molar-refractivity contribution >= 4 is 59.5 Å². The summed E-state index contributed by atoms with van der Waals surface area (Å²) >= 11 is 0. The lowest BCUT2D eigenvalue weighted by Crippen LogP contribution is -2.92. The van der Waals surface area contributed by atoms with Crippen molar-refractivity contribution in [1.29, 1.82) is 10.8 Å². The van der Waals surface area contributed by atoms with Crippen LogP contribution < -0.4 is 26.7 Å². The summed E-state index contributed by atoms with van der Waals surface area (Å²) in [4.78, 5) is 94.9. The van der Waals surface area contributed by atoms with E-state index in [0.29, 0.717) is 30.6 Å². The molecule has 3 atom stereocenters. The number of nitrogens with two attached hydrogens (primary N) is 1. The molecule has 2 unspecified atom stereocenters. The van der Waals surface area contributed by atoms with Gasteiger partial charge in [0, 0.05) is 25.1 Å². The summed E-state index contributed by atoms with van der Waals surface area (Å²) in [6.45, 7) is 3.84. The number of carbonyl (C=O) groups is 7. The fourth-order valence-corrected chi connectivity index (χ4v) is 3.06. The summed E-state index contributed by atoms with van der Waals surface area (Å²) in [5, 5.41) is 24.8. The molecule has 3 amide bonds. The van der Waals surface area contributed by atoms with Crippen LogP contribution in [-0.4, -0.2) is 97.3 Å². The van der Waals surface area contributed by atoms with E-state index < -0.39 is 72.3 Å². The van der Waals surface area contributed by atoms with E-state index in [-0.39, 0.29) is 32.1 Å². The van der Waals surface area contributed by atoms with Gasteiger partial charge >= 0.3 is 11.9 Å². The van der Waals surface area contributed by atoms with Gasteiger partial charge in [0.25, 0.3) is 0 Å². The van der Waals surface area contributed by atoms with E-state index in [1.165, 1.54) is 0 Å². The number of hydroxylamine groups is 2. The molecule has 0 aromatic heterocycles. The molecule has 0 bridgehead atoms. The highest BCUT2D eigenvalue weighted by Crippen LogP contribution is 2.07. The highest BCUT2D eigenvalue weighted by atomic mass is 16.7. The number of nitrogens with one attached hydrogen (secondary N) is 6. The first-order valence-corrected chi connectivity index (χ1v) is 12.2. The second kappa shape index (κ2) is 17.8. The van der Waals surface area contributed by atoms with Crippen LogP contribution in [0, 0.1) is 10.8 Å². The van der Waals surface area contributed by atoms with Gasteiger partial charge in [-0.2, -0.15) is 0 Å². The summed E-state index contributed by atoms with van der Waals surface area (Å²) < 4.78 is 0. The summed E-state index contributed by atoms with van der Waals surface area (Å²) in [5.41, 5.74) is 5.24. The third kappa shape index (κ3) is 13.3. The van der Waals surface area contributed by atoms with Gasteiger partial charge in [0.2, 0.25) is 17.7 Å². The molecule has 1 aliphatic heterocycles. The van der Waals surface area contributed by atoms with Crippen molar-refractivity contribution < 1.29 is 48.3 Å². The Hall–Kier alpha value is -4.60. The predicted molar refractivity (Wildman–Crippen MR) is 136 cm³/mol. The number of Topliss-reactive ketones (excluding diaryl/α,β-unsaturated/α-hetero) is 2. The molecule has 0 aliphatic carbocycles. The minimum atomic E-state index is -1.35. The summed E-state index contributed by atoms with van der Waals surface area (Å²) in [5.74, 6) is -3.43. The van der Waals surface area contributed by atoms with Crippen molar-refractivity contribution in [2.45, 2.75) is 56.7 Å². The van der Waals surface area contributed by atoms with Gasteiger partial charge in [0.15, 0.2) is 24.7 Å². The topological polar surface area (TPSA) is 265 Å². The van der Waals surface area contributed by atoms with Crippen LogP contribution in [0.15, 0.2) is 11.7 Å². The zero-order valence-corrected chi connectivity index (χ0v) is 21.7. The second-order valence-corrected chi connectivity index (χ2v) is 8.46. The molecule has 17 nitrogen and oxygen atoms in total. The quantitative estimate of drug-likeness (QED) is 0.0324. The van der Waals surface area contributed by atoms with Gasteiger partial charge in [-0.1, -0.05) is 0 Å². The first kappa shape index (κ1) is 33.4. The SMILES string of the molecule is C=C=NOC(=O)C(CCC(=O)N[C@@H](CCC(=O)C=N)C(=O)NC(CCC(=O)C=N)C(=O)O[NH+]1CC1)NC(=O)CN. The molecular weight excluding hydrogens is 532 g/mol. The van der Waals surface area contributed by atoms with Crippen LogP contribution in [0.5, 0.6) is 0 Å². The van der Waals surface area contributed by atoms with Gasteiger partial charge in [-0.3, -0.25) is 28.8 Å². The third-order valence-electron chi connectivity index (χ3n) is 5.30. The maximum Gasteiger partial charge on any atom is 0.388 e. The Morgan fingerprint density at radius 3 is 1.90 bits per heavy atom. The molecule has 1 aliphatic rings. The number of rotatable bonds is 20. The average molecular weight is 566 g/mol. The van der Waals surface area contributed by atoms with E-state index in [1.807, 2.05) is 5.87 Å². The number of hydrogen-bond acceptors (Lipinski definition) is 13. The molecule has 8 N–H and O–H groups in total. The maximum atomic E-state index is 13.1. The first-order valence-electron chi connectivity index (χ1n) is 12.2. The van der Waals surface area contributed by atoms with Gasteiger partial charge in [-0.05, 0) is 31.0 Å². The Bertz CT molecular complexity index is 1050. The average Bonchev–Trinajstić information content (AvgIpc) is 3.76. The van der Waals surface area contributed by atoms with Crippen LogP contribution in [0.25, 0.3) is 0 Å². The van der Waals surface area contributed by atoms with E-state index in [2.05, 4.69) is 32.5 Å². The van der Waals surface area contributed by atoms with Crippen molar-refractivity contribution in [1.82, 2.24) is 16.0 Å². The van der Waals surface area contributed by atoms with E-state index in [1.54, 1.807) is 0 Å². The molecule has 0 aromatic carbocycles. The number of nitrogens with zero attached hydrogens (tertiary/aromatic N) is 1. The lowest BCUT2D eigenvalue weighted by molar-refractivity contribution is -0.963. The molecule has 0 radical (unpaired) electrons. The van der Waals surface area contributed by atoms with E-state index in [4.69, 9.17) is 21.4 Å². The highest BCUT2D eigenvalue weighted by molar-refractivity contribution is 6.26. The predicted octanol–water partition coefficient (Wildman–Crippen LogP) is -4.15. The van der Waals surface area contributed by atoms with Crippen LogP contribution in [-0.2, 0) is 43.2 Å². The van der Waals surface area contributed by atoms with Crippen molar-refractivity contribution in [3.63, 3.8) is 0 Å². The highest BCUT2D eigenvalue weighted by Gasteiger charge is 2.35. The molecule has 0 aromatic rings. The van der Waals surface area contributed by atoms with Gasteiger partial charge in [0.1, 0.15) is 18.1 Å². The lowest BCUT2D eigenvalue weighted by atomic mass is 10.0. The zero-order valence-electron chi connectivity index (χ0n) is 21.7. The van der Waals surface area contributed by atoms with Gasteiger partial charge in [0.05, 0.1) is 19.0 Å². The summed E-state index contributed by atoms with van der Waals surface area (Å²) in [6, 6.07) is -3.96. The fourth-order valence-electron chi connectivity index (χ4n) is 3.06. The smallest absolute Gasteiger partial charge is 0.344 e. The van der Waals surface area contributed by atoms with E-state index in [0.717, 1.165) is 0 Å². The molecule has 1 fully saturated rings. The summed E-state index contributed by atoms with van der Waals surface area (Å²) in [6.07, 6.45) is -0.494. The molecule has 0 spiro atoms. The zero-order chi connectivity index (χ0) is 30.1. The number of carbonyl (C=O) groups excluding carboxylic acids is 7. The number of quaternary nitrogens is 1. The van der Waals surface area contributed by atoms with Gasteiger partial charge in [-0.15, -0.1) is 5.06 Å². The van der Waals surface area contributed by atoms with Crippen LogP contribution >= 0.6 is 0 Å². The van der Waals surface area contributed by atoms with Crippen molar-refractivity contribution in [3.8, 4) is 0 Å². The fraction of sp³-hybridized carbons (Fsp3) is 0.522. The Labute approximate surface area is 228 Å². The number of amides is 3. The van der Waals surface area contributed by atoms with Crippen LogP contribution in [0.2, 0.25) is 0 Å². The second-order valence-electron chi connectivity index (χ2n) is 8.46. The first-order chi connectivity index (χ1) is 19.0. The Morgan fingerprint density at radius 2 is 1.38 bits per heavy atom. The van der Waals surface area contributed by atoms with Crippen LogP contribution in [0.1, 0.15) is 38.5 Å². The standard InChI is InChI=1S/C23H32N8O9/c1-2-27-39-22(37)17(29-20(35)13-26)7-8-19(34)28-16(5-3-14(32)11-24)21(36)30-18(6-4-15(33)12-25)23(38)40-31-9-10-31/h11-12,16-18,24-25H,1,3-10,13,26H2,(H,28,34)(H,29,35)(H,30,36)/p+1/t16-,17?,18?/m0/s1. The Kier molecular flexibility index (Phi) is 14.9. The third-order valence-corrected chi connectivity index (χ3v) is 5.30. The monoisotopic (exact) mass is 565 g/mol. The summed E-state index contributed by atoms with van der Waals surface area (Å²) in [7, 11) is 0. The van der Waals surface area contributed by atoms with Crippen LogP contribution in [0.3, 0.4) is 0 Å². The Morgan fingerprint density at radius 1 is 0.850 bits per heavy atom. The number of ketones is 2. The molecule has 1 rings (SSSR count).